The molecule has 26 heavy (non-hydrogen) atoms. The molecule has 0 atom stereocenters. The van der Waals surface area contributed by atoms with Gasteiger partial charge in [0, 0.05) is 32.4 Å². The van der Waals surface area contributed by atoms with E-state index in [9.17, 15) is 4.79 Å². The fraction of sp³-hybridized carbons (Fsp3) is 0.400. The molecular formula is C20H25N3O3. The van der Waals surface area contributed by atoms with E-state index in [2.05, 4.69) is 39.0 Å². The summed E-state index contributed by atoms with van der Waals surface area (Å²) in [6.45, 7) is 6.02. The van der Waals surface area contributed by atoms with Gasteiger partial charge in [-0.15, -0.1) is 0 Å². The zero-order chi connectivity index (χ0) is 18.5. The van der Waals surface area contributed by atoms with Gasteiger partial charge in [0.15, 0.2) is 0 Å². The molecule has 0 radical (unpaired) electrons. The van der Waals surface area contributed by atoms with Crippen molar-refractivity contribution < 1.29 is 14.3 Å². The predicted octanol–water partition coefficient (Wildman–Crippen LogP) is 2.65. The number of morpholine rings is 1. The summed E-state index contributed by atoms with van der Waals surface area (Å²) < 4.78 is 10.2. The van der Waals surface area contributed by atoms with Crippen LogP contribution >= 0.6 is 0 Å². The number of rotatable bonds is 5. The van der Waals surface area contributed by atoms with Gasteiger partial charge in [0.05, 0.1) is 31.6 Å². The number of aryl methyl sites for hydroxylation is 1. The number of nitrogens with zero attached hydrogens (tertiary/aromatic N) is 3. The molecule has 0 bridgehead atoms. The lowest BCUT2D eigenvalue weighted by atomic mass is 10.1. The Labute approximate surface area is 154 Å². The van der Waals surface area contributed by atoms with E-state index in [4.69, 9.17) is 9.47 Å². The molecule has 1 aliphatic heterocycles. The zero-order valence-electron chi connectivity index (χ0n) is 15.6. The molecule has 138 valence electrons. The highest BCUT2D eigenvalue weighted by atomic mass is 16.5. The number of anilines is 2. The van der Waals surface area contributed by atoms with Crippen LogP contribution in [0.15, 0.2) is 36.4 Å². The first-order valence-electron chi connectivity index (χ1n) is 8.77. The molecule has 0 unspecified atom stereocenters. The third-order valence-electron chi connectivity index (χ3n) is 4.60. The first-order valence-corrected chi connectivity index (χ1v) is 8.77. The topological polar surface area (TPSA) is 54.9 Å². The second-order valence-corrected chi connectivity index (χ2v) is 6.42. The van der Waals surface area contributed by atoms with Crippen molar-refractivity contribution in [2.75, 3.05) is 50.3 Å². The molecule has 0 aliphatic carbocycles. The number of ether oxygens (including phenoxy) is 2. The molecule has 0 saturated carbocycles. The largest absolute Gasteiger partial charge is 0.465 e. The summed E-state index contributed by atoms with van der Waals surface area (Å²) in [4.78, 5) is 20.6. The maximum absolute atomic E-state index is 11.7. The fourth-order valence-corrected chi connectivity index (χ4v) is 3.07. The van der Waals surface area contributed by atoms with Crippen LogP contribution in [0.1, 0.15) is 21.6 Å². The highest BCUT2D eigenvalue weighted by Crippen LogP contribution is 2.20. The van der Waals surface area contributed by atoms with Crippen molar-refractivity contribution in [3.63, 3.8) is 0 Å². The van der Waals surface area contributed by atoms with Gasteiger partial charge in [0.2, 0.25) is 0 Å². The first-order chi connectivity index (χ1) is 12.6. The molecular weight excluding hydrogens is 330 g/mol. The molecule has 1 aromatic carbocycles. The Morgan fingerprint density at radius 2 is 1.88 bits per heavy atom. The van der Waals surface area contributed by atoms with Gasteiger partial charge in [-0.1, -0.05) is 12.1 Å². The molecule has 6 heteroatoms. The van der Waals surface area contributed by atoms with Crippen LogP contribution in [-0.2, 0) is 16.0 Å². The van der Waals surface area contributed by atoms with Crippen molar-refractivity contribution in [3.8, 4) is 0 Å². The Hall–Kier alpha value is -2.60. The lowest BCUT2D eigenvalue weighted by molar-refractivity contribution is 0.0599. The van der Waals surface area contributed by atoms with Crippen LogP contribution in [0.5, 0.6) is 0 Å². The van der Waals surface area contributed by atoms with E-state index in [1.807, 2.05) is 20.0 Å². The molecule has 6 nitrogen and oxygen atoms in total. The van der Waals surface area contributed by atoms with Crippen LogP contribution < -0.4 is 9.80 Å². The second kappa shape index (κ2) is 8.19. The normalized spacial score (nSPS) is 14.2. The second-order valence-electron chi connectivity index (χ2n) is 6.42. The van der Waals surface area contributed by atoms with Gasteiger partial charge < -0.3 is 19.3 Å². The highest BCUT2D eigenvalue weighted by Gasteiger charge is 2.13. The first kappa shape index (κ1) is 18.2. The molecule has 1 aliphatic rings. The van der Waals surface area contributed by atoms with Gasteiger partial charge >= 0.3 is 5.97 Å². The Morgan fingerprint density at radius 1 is 1.19 bits per heavy atom. The van der Waals surface area contributed by atoms with E-state index in [1.54, 1.807) is 6.07 Å². The number of carbonyl (C=O) groups is 1. The van der Waals surface area contributed by atoms with Gasteiger partial charge in [0.25, 0.3) is 0 Å². The maximum Gasteiger partial charge on any atom is 0.339 e. The zero-order valence-corrected chi connectivity index (χ0v) is 15.6. The molecule has 1 fully saturated rings. The standard InChI is InChI=1S/C20H25N3O3/c1-15-18(20(24)25-3)8-9-19(21-15)22(2)14-16-4-6-17(7-5-16)23-10-12-26-13-11-23/h4-9H,10-14H2,1-3H3. The number of esters is 1. The molecule has 2 aromatic rings. The number of aromatic nitrogens is 1. The Bertz CT molecular complexity index is 755. The third kappa shape index (κ3) is 4.14. The maximum atomic E-state index is 11.7. The molecule has 1 aromatic heterocycles. The van der Waals surface area contributed by atoms with Crippen LogP contribution in [0, 0.1) is 6.92 Å². The number of hydrogen-bond acceptors (Lipinski definition) is 6. The SMILES string of the molecule is COC(=O)c1ccc(N(C)Cc2ccc(N3CCOCC3)cc2)nc1C. The van der Waals surface area contributed by atoms with Gasteiger partial charge in [-0.25, -0.2) is 9.78 Å². The number of methoxy groups -OCH3 is 1. The van der Waals surface area contributed by atoms with Gasteiger partial charge in [0.1, 0.15) is 5.82 Å². The van der Waals surface area contributed by atoms with Crippen molar-refractivity contribution in [1.29, 1.82) is 0 Å². The van der Waals surface area contributed by atoms with E-state index < -0.39 is 0 Å². The average molecular weight is 355 g/mol. The summed E-state index contributed by atoms with van der Waals surface area (Å²) in [5.41, 5.74) is 3.61. The Kier molecular flexibility index (Phi) is 5.73. The Balaban J connectivity index is 1.66. The predicted molar refractivity (Wildman–Crippen MR) is 102 cm³/mol. The summed E-state index contributed by atoms with van der Waals surface area (Å²) >= 11 is 0. The van der Waals surface area contributed by atoms with Gasteiger partial charge in [-0.3, -0.25) is 0 Å². The minimum atomic E-state index is -0.358. The van der Waals surface area contributed by atoms with Crippen LogP contribution in [0.3, 0.4) is 0 Å². The van der Waals surface area contributed by atoms with Crippen molar-refractivity contribution in [1.82, 2.24) is 4.98 Å². The summed E-state index contributed by atoms with van der Waals surface area (Å²) in [6.07, 6.45) is 0. The van der Waals surface area contributed by atoms with E-state index in [0.717, 1.165) is 38.7 Å². The smallest absolute Gasteiger partial charge is 0.339 e. The van der Waals surface area contributed by atoms with E-state index in [-0.39, 0.29) is 5.97 Å². The fourth-order valence-electron chi connectivity index (χ4n) is 3.07. The molecule has 0 N–H and O–H groups in total. The van der Waals surface area contributed by atoms with E-state index in [1.165, 1.54) is 18.4 Å². The summed E-state index contributed by atoms with van der Waals surface area (Å²) in [6, 6.07) is 12.2. The lowest BCUT2D eigenvalue weighted by Crippen LogP contribution is -2.36. The minimum Gasteiger partial charge on any atom is -0.465 e. The Morgan fingerprint density at radius 3 is 2.50 bits per heavy atom. The summed E-state index contributed by atoms with van der Waals surface area (Å²) in [5, 5.41) is 0. The van der Waals surface area contributed by atoms with Crippen LogP contribution in [-0.4, -0.2) is 51.4 Å². The number of pyridine rings is 1. The summed E-state index contributed by atoms with van der Waals surface area (Å²) in [7, 11) is 3.37. The van der Waals surface area contributed by atoms with Gasteiger partial charge in [-0.2, -0.15) is 0 Å². The van der Waals surface area contributed by atoms with E-state index >= 15 is 0 Å². The van der Waals surface area contributed by atoms with Crippen LogP contribution in [0.4, 0.5) is 11.5 Å². The summed E-state index contributed by atoms with van der Waals surface area (Å²) in [5.74, 6) is 0.468. The quantitative estimate of drug-likeness (QED) is 0.769. The van der Waals surface area contributed by atoms with Crippen molar-refractivity contribution in [3.05, 3.63) is 53.2 Å². The van der Waals surface area contributed by atoms with Crippen molar-refractivity contribution >= 4 is 17.5 Å². The van der Waals surface area contributed by atoms with Gasteiger partial charge in [-0.05, 0) is 36.8 Å². The highest BCUT2D eigenvalue weighted by molar-refractivity contribution is 5.90. The number of benzene rings is 1. The monoisotopic (exact) mass is 355 g/mol. The molecule has 0 spiro atoms. The molecule has 2 heterocycles. The average Bonchev–Trinajstić information content (AvgIpc) is 2.68. The van der Waals surface area contributed by atoms with E-state index in [0.29, 0.717) is 11.3 Å². The third-order valence-corrected chi connectivity index (χ3v) is 4.60. The molecule has 0 amide bonds. The molecule has 3 rings (SSSR count). The van der Waals surface area contributed by atoms with Crippen LogP contribution in [0.2, 0.25) is 0 Å². The van der Waals surface area contributed by atoms with Crippen LogP contribution in [0.25, 0.3) is 0 Å². The minimum absolute atomic E-state index is 0.358. The molecule has 1 saturated heterocycles. The number of hydrogen-bond donors (Lipinski definition) is 0. The number of carbonyl (C=O) groups excluding carboxylic acids is 1. The van der Waals surface area contributed by atoms with Crippen molar-refractivity contribution in [2.24, 2.45) is 0 Å². The lowest BCUT2D eigenvalue weighted by Gasteiger charge is -2.29. The van der Waals surface area contributed by atoms with Crippen molar-refractivity contribution in [2.45, 2.75) is 13.5 Å².